The molecule has 1 unspecified atom stereocenters. The third kappa shape index (κ3) is 3.42. The summed E-state index contributed by atoms with van der Waals surface area (Å²) in [4.78, 5) is 15.5. The highest BCUT2D eigenvalue weighted by atomic mass is 35.5. The molecule has 2 heterocycles. The highest BCUT2D eigenvalue weighted by Gasteiger charge is 2.27. The number of alkyl halides is 1. The molecule has 1 saturated heterocycles. The lowest BCUT2D eigenvalue weighted by atomic mass is 10.1. The summed E-state index contributed by atoms with van der Waals surface area (Å²) in [5.74, 6) is -0.0485. The summed E-state index contributed by atoms with van der Waals surface area (Å²) in [7, 11) is 0. The number of carbonyl (C=O) groups excluding carboxylic acids is 1. The van der Waals surface area contributed by atoms with Gasteiger partial charge in [-0.2, -0.15) is 10.4 Å². The number of nitrogens with zero attached hydrogens (tertiary/aromatic N) is 5. The lowest BCUT2D eigenvalue weighted by molar-refractivity contribution is -0.130. The smallest absolute Gasteiger partial charge is 0.237 e. The molecule has 1 aromatic heterocycles. The van der Waals surface area contributed by atoms with Gasteiger partial charge in [0.2, 0.25) is 5.91 Å². The fraction of sp³-hybridized carbons (Fsp3) is 0.353. The zero-order valence-electron chi connectivity index (χ0n) is 13.2. The monoisotopic (exact) mass is 343 g/mol. The Labute approximate surface area is 145 Å². The molecule has 0 saturated carbocycles. The number of nitriles is 1. The molecule has 1 aromatic carbocycles. The zero-order chi connectivity index (χ0) is 16.9. The molecule has 0 radical (unpaired) electrons. The van der Waals surface area contributed by atoms with E-state index in [-0.39, 0.29) is 17.8 Å². The summed E-state index contributed by atoms with van der Waals surface area (Å²) in [5.41, 5.74) is 1.82. The van der Waals surface area contributed by atoms with E-state index in [0.717, 1.165) is 11.3 Å². The third-order valence-corrected chi connectivity index (χ3v) is 4.44. The third-order valence-electron chi connectivity index (χ3n) is 4.21. The van der Waals surface area contributed by atoms with Gasteiger partial charge in [-0.1, -0.05) is 18.2 Å². The summed E-state index contributed by atoms with van der Waals surface area (Å²) in [6.07, 6.45) is 3.62. The van der Waals surface area contributed by atoms with E-state index in [9.17, 15) is 10.1 Å². The minimum atomic E-state index is -0.365. The summed E-state index contributed by atoms with van der Waals surface area (Å²) in [6.45, 7) is 2.49. The quantitative estimate of drug-likeness (QED) is 0.794. The van der Waals surface area contributed by atoms with E-state index in [4.69, 9.17) is 11.6 Å². The van der Waals surface area contributed by atoms with Gasteiger partial charge in [0.25, 0.3) is 0 Å². The minimum absolute atomic E-state index is 0.00548. The second kappa shape index (κ2) is 7.47. The zero-order valence-corrected chi connectivity index (χ0v) is 13.9. The van der Waals surface area contributed by atoms with Gasteiger partial charge in [0, 0.05) is 37.9 Å². The van der Waals surface area contributed by atoms with Crippen LogP contribution < -0.4 is 0 Å². The van der Waals surface area contributed by atoms with Crippen LogP contribution in [0.15, 0.2) is 42.7 Å². The van der Waals surface area contributed by atoms with Gasteiger partial charge in [-0.05, 0) is 12.1 Å². The number of hydrogen-bond acceptors (Lipinski definition) is 4. The van der Waals surface area contributed by atoms with Gasteiger partial charge in [0.15, 0.2) is 0 Å². The average Bonchev–Trinajstić information content (AvgIpc) is 3.13. The topological polar surface area (TPSA) is 65.2 Å². The first-order chi connectivity index (χ1) is 11.7. The van der Waals surface area contributed by atoms with E-state index >= 15 is 0 Å². The maximum atomic E-state index is 11.6. The van der Waals surface area contributed by atoms with Crippen molar-refractivity contribution in [2.45, 2.75) is 6.04 Å². The number of aromatic nitrogens is 2. The van der Waals surface area contributed by atoms with Crippen LogP contribution in [0, 0.1) is 11.3 Å². The van der Waals surface area contributed by atoms with E-state index in [1.54, 1.807) is 15.8 Å². The SMILES string of the molecule is N#CC(c1cnn(-c2ccccc2)c1)N1CCN(C(=O)CCl)CC1. The summed E-state index contributed by atoms with van der Waals surface area (Å²) < 4.78 is 1.77. The van der Waals surface area contributed by atoms with Crippen molar-refractivity contribution in [3.8, 4) is 11.8 Å². The van der Waals surface area contributed by atoms with Gasteiger partial charge < -0.3 is 4.90 Å². The van der Waals surface area contributed by atoms with Crippen LogP contribution in [0.3, 0.4) is 0 Å². The number of hydrogen-bond donors (Lipinski definition) is 0. The lowest BCUT2D eigenvalue weighted by Gasteiger charge is -2.36. The molecular formula is C17H18ClN5O. The molecule has 7 heteroatoms. The molecular weight excluding hydrogens is 326 g/mol. The number of halogens is 1. The maximum Gasteiger partial charge on any atom is 0.237 e. The Morgan fingerprint density at radius 1 is 1.25 bits per heavy atom. The molecule has 6 nitrogen and oxygen atoms in total. The fourth-order valence-corrected chi connectivity index (χ4v) is 3.05. The van der Waals surface area contributed by atoms with Crippen molar-refractivity contribution in [1.82, 2.24) is 19.6 Å². The van der Waals surface area contributed by atoms with Crippen LogP contribution in [0.25, 0.3) is 5.69 Å². The molecule has 2 aromatic rings. The molecule has 0 aliphatic carbocycles. The van der Waals surface area contributed by atoms with E-state index in [1.807, 2.05) is 36.5 Å². The van der Waals surface area contributed by atoms with Crippen LogP contribution >= 0.6 is 11.6 Å². The van der Waals surface area contributed by atoms with Gasteiger partial charge in [0.05, 0.1) is 18.0 Å². The Balaban J connectivity index is 1.71. The largest absolute Gasteiger partial charge is 0.339 e. The van der Waals surface area contributed by atoms with Gasteiger partial charge in [0.1, 0.15) is 11.9 Å². The van der Waals surface area contributed by atoms with Gasteiger partial charge >= 0.3 is 0 Å². The second-order valence-electron chi connectivity index (χ2n) is 5.64. The van der Waals surface area contributed by atoms with E-state index in [0.29, 0.717) is 26.2 Å². The molecule has 1 fully saturated rings. The molecule has 124 valence electrons. The predicted molar refractivity (Wildman–Crippen MR) is 90.8 cm³/mol. The average molecular weight is 344 g/mol. The number of benzene rings is 1. The van der Waals surface area contributed by atoms with E-state index < -0.39 is 0 Å². The predicted octanol–water partition coefficient (Wildman–Crippen LogP) is 1.82. The molecule has 1 atom stereocenters. The second-order valence-corrected chi connectivity index (χ2v) is 5.90. The summed E-state index contributed by atoms with van der Waals surface area (Å²) in [5, 5.41) is 14.0. The van der Waals surface area contributed by atoms with Crippen molar-refractivity contribution in [3.05, 3.63) is 48.3 Å². The number of carbonyl (C=O) groups is 1. The Hall–Kier alpha value is -2.36. The molecule has 1 aliphatic heterocycles. The number of rotatable bonds is 4. The molecule has 3 rings (SSSR count). The summed E-state index contributed by atoms with van der Waals surface area (Å²) in [6, 6.07) is 11.8. The number of piperazine rings is 1. The first kappa shape index (κ1) is 16.5. The Morgan fingerprint density at radius 3 is 2.58 bits per heavy atom. The number of amides is 1. The maximum absolute atomic E-state index is 11.6. The van der Waals surface area contributed by atoms with Gasteiger partial charge in [-0.3, -0.25) is 9.69 Å². The molecule has 1 amide bonds. The Bertz CT molecular complexity index is 731. The molecule has 0 N–H and O–H groups in total. The van der Waals surface area contributed by atoms with Crippen LogP contribution in [-0.2, 0) is 4.79 Å². The van der Waals surface area contributed by atoms with Crippen molar-refractivity contribution >= 4 is 17.5 Å². The number of para-hydroxylation sites is 1. The van der Waals surface area contributed by atoms with Crippen molar-refractivity contribution in [1.29, 1.82) is 5.26 Å². The lowest BCUT2D eigenvalue weighted by Crippen LogP contribution is -2.49. The molecule has 0 bridgehead atoms. The fourth-order valence-electron chi connectivity index (χ4n) is 2.88. The van der Waals surface area contributed by atoms with E-state index in [1.165, 1.54) is 0 Å². The highest BCUT2D eigenvalue weighted by Crippen LogP contribution is 2.22. The first-order valence-electron chi connectivity index (χ1n) is 7.80. The van der Waals surface area contributed by atoms with Crippen molar-refractivity contribution in [3.63, 3.8) is 0 Å². The van der Waals surface area contributed by atoms with Crippen LogP contribution in [0.1, 0.15) is 11.6 Å². The van der Waals surface area contributed by atoms with E-state index in [2.05, 4.69) is 16.1 Å². The summed E-state index contributed by atoms with van der Waals surface area (Å²) >= 11 is 5.60. The molecule has 24 heavy (non-hydrogen) atoms. The standard InChI is InChI=1S/C17H18ClN5O/c18-10-17(24)22-8-6-21(7-9-22)16(11-19)14-12-20-23(13-14)15-4-2-1-3-5-15/h1-5,12-13,16H,6-10H2. The normalized spacial score (nSPS) is 16.6. The van der Waals surface area contributed by atoms with Crippen LogP contribution in [0.2, 0.25) is 0 Å². The Kier molecular flexibility index (Phi) is 5.14. The van der Waals surface area contributed by atoms with Gasteiger partial charge in [-0.15, -0.1) is 11.6 Å². The van der Waals surface area contributed by atoms with Gasteiger partial charge in [-0.25, -0.2) is 4.68 Å². The molecule has 1 aliphatic rings. The Morgan fingerprint density at radius 2 is 1.96 bits per heavy atom. The minimum Gasteiger partial charge on any atom is -0.339 e. The van der Waals surface area contributed by atoms with Crippen LogP contribution in [0.4, 0.5) is 0 Å². The van der Waals surface area contributed by atoms with Crippen LogP contribution in [-0.4, -0.2) is 57.5 Å². The molecule has 0 spiro atoms. The first-order valence-corrected chi connectivity index (χ1v) is 8.34. The van der Waals surface area contributed by atoms with Crippen molar-refractivity contribution < 1.29 is 4.79 Å². The van der Waals surface area contributed by atoms with Crippen molar-refractivity contribution in [2.24, 2.45) is 0 Å². The highest BCUT2D eigenvalue weighted by molar-refractivity contribution is 6.27. The van der Waals surface area contributed by atoms with Crippen LogP contribution in [0.5, 0.6) is 0 Å². The van der Waals surface area contributed by atoms with Crippen molar-refractivity contribution in [2.75, 3.05) is 32.1 Å².